The molecule has 1 aliphatic carbocycles. The summed E-state index contributed by atoms with van der Waals surface area (Å²) in [5.41, 5.74) is -0.0586. The Morgan fingerprint density at radius 2 is 1.88 bits per heavy atom. The molecule has 5 rings (SSSR count). The zero-order valence-electron chi connectivity index (χ0n) is 18.7. The van der Waals surface area contributed by atoms with Gasteiger partial charge in [0, 0.05) is 56.3 Å². The number of ether oxygens (including phenoxy) is 1. The van der Waals surface area contributed by atoms with Crippen molar-refractivity contribution in [2.24, 2.45) is 0 Å². The van der Waals surface area contributed by atoms with E-state index in [1.54, 1.807) is 9.80 Å². The number of piperazine rings is 1. The molecule has 0 bridgehead atoms. The van der Waals surface area contributed by atoms with Gasteiger partial charge in [-0.25, -0.2) is 18.7 Å². The number of amides is 1. The van der Waals surface area contributed by atoms with Crippen LogP contribution in [0, 0.1) is 11.6 Å². The van der Waals surface area contributed by atoms with Crippen LogP contribution in [-0.2, 0) is 17.1 Å². The van der Waals surface area contributed by atoms with E-state index >= 15 is 0 Å². The van der Waals surface area contributed by atoms with E-state index in [4.69, 9.17) is 4.74 Å². The first-order chi connectivity index (χ1) is 16.2. The summed E-state index contributed by atoms with van der Waals surface area (Å²) in [5, 5.41) is 3.11. The number of aromatic nitrogens is 2. The zero-order chi connectivity index (χ0) is 24.0. The second kappa shape index (κ2) is 8.68. The third-order valence-corrected chi connectivity index (χ3v) is 6.69. The van der Waals surface area contributed by atoms with Gasteiger partial charge in [-0.3, -0.25) is 4.79 Å². The van der Waals surface area contributed by atoms with Gasteiger partial charge in [-0.05, 0) is 31.9 Å². The second-order valence-corrected chi connectivity index (χ2v) is 8.92. The van der Waals surface area contributed by atoms with Crippen LogP contribution >= 0.6 is 0 Å². The summed E-state index contributed by atoms with van der Waals surface area (Å²) >= 11 is 0. The average molecular weight is 479 g/mol. The molecule has 182 valence electrons. The summed E-state index contributed by atoms with van der Waals surface area (Å²) < 4.78 is 64.0. The summed E-state index contributed by atoms with van der Waals surface area (Å²) in [6.07, 6.45) is 0.464. The quantitative estimate of drug-likeness (QED) is 0.666. The summed E-state index contributed by atoms with van der Waals surface area (Å²) in [6.45, 7) is 4.33. The molecule has 1 aromatic carbocycles. The smallest absolute Gasteiger partial charge is 0.290 e. The Kier molecular flexibility index (Phi) is 5.83. The van der Waals surface area contributed by atoms with Crippen molar-refractivity contribution in [2.75, 3.05) is 44.2 Å². The number of alkyl halides is 2. The molecule has 1 N–H and O–H groups in total. The maximum Gasteiger partial charge on any atom is 0.290 e. The van der Waals surface area contributed by atoms with Gasteiger partial charge in [0.2, 0.25) is 5.95 Å². The minimum Gasteiger partial charge on any atom is -0.478 e. The highest BCUT2D eigenvalue weighted by Gasteiger charge is 2.44. The fraction of sp³-hybridized carbons (Fsp3) is 0.522. The van der Waals surface area contributed by atoms with Crippen LogP contribution in [0.1, 0.15) is 31.0 Å². The first-order valence-electron chi connectivity index (χ1n) is 11.4. The Morgan fingerprint density at radius 1 is 1.18 bits per heavy atom. The predicted molar refractivity (Wildman–Crippen MR) is 116 cm³/mol. The second-order valence-electron chi connectivity index (χ2n) is 8.92. The minimum absolute atomic E-state index is 0.00812. The lowest BCUT2D eigenvalue weighted by atomic mass is 10.0. The Bertz CT molecular complexity index is 1100. The van der Waals surface area contributed by atoms with Crippen LogP contribution in [0.3, 0.4) is 0 Å². The number of hydrogen-bond donors (Lipinski definition) is 1. The Morgan fingerprint density at radius 3 is 2.50 bits per heavy atom. The molecule has 34 heavy (non-hydrogen) atoms. The fourth-order valence-corrected chi connectivity index (χ4v) is 4.57. The van der Waals surface area contributed by atoms with Crippen LogP contribution in [0.2, 0.25) is 0 Å². The highest BCUT2D eigenvalue weighted by molar-refractivity contribution is 5.78. The molecule has 2 fully saturated rings. The first-order valence-corrected chi connectivity index (χ1v) is 11.4. The van der Waals surface area contributed by atoms with Crippen LogP contribution in [0.15, 0.2) is 12.1 Å². The van der Waals surface area contributed by atoms with E-state index in [2.05, 4.69) is 15.3 Å². The van der Waals surface area contributed by atoms with Gasteiger partial charge in [-0.15, -0.1) is 0 Å². The van der Waals surface area contributed by atoms with Crippen molar-refractivity contribution in [1.82, 2.24) is 20.2 Å². The van der Waals surface area contributed by atoms with Gasteiger partial charge in [0.25, 0.3) is 11.8 Å². The number of halogens is 4. The van der Waals surface area contributed by atoms with Crippen molar-refractivity contribution in [2.45, 2.75) is 38.2 Å². The number of rotatable bonds is 5. The van der Waals surface area contributed by atoms with E-state index in [9.17, 15) is 22.4 Å². The highest BCUT2D eigenvalue weighted by atomic mass is 19.3. The molecule has 3 heterocycles. The molecule has 0 radical (unpaired) electrons. The number of benzene rings is 1. The summed E-state index contributed by atoms with van der Waals surface area (Å²) in [5.74, 6) is -6.09. The number of nitrogens with zero attached hydrogens (tertiary/aromatic N) is 4. The lowest BCUT2D eigenvalue weighted by Crippen LogP contribution is -2.48. The Labute approximate surface area is 194 Å². The number of anilines is 1. The topological polar surface area (TPSA) is 70.6 Å². The van der Waals surface area contributed by atoms with E-state index in [-0.39, 0.29) is 46.8 Å². The number of hydrogen-bond acceptors (Lipinski definition) is 6. The molecule has 2 saturated heterocycles. The zero-order valence-corrected chi connectivity index (χ0v) is 18.7. The van der Waals surface area contributed by atoms with Crippen molar-refractivity contribution >= 4 is 11.9 Å². The van der Waals surface area contributed by atoms with Crippen LogP contribution in [-0.4, -0.2) is 66.1 Å². The van der Waals surface area contributed by atoms with Gasteiger partial charge in [-0.2, -0.15) is 8.78 Å². The van der Waals surface area contributed by atoms with Gasteiger partial charge in [0.1, 0.15) is 5.69 Å². The number of carbonyl (C=O) groups is 1. The normalized spacial score (nSPS) is 21.3. The maximum absolute atomic E-state index is 14.9. The molecular formula is C23H25F4N5O2. The third-order valence-electron chi connectivity index (χ3n) is 6.69. The average Bonchev–Trinajstić information content (AvgIpc) is 3.11. The number of carbonyl (C=O) groups excluding carboxylic acids is 1. The molecule has 1 atom stereocenters. The van der Waals surface area contributed by atoms with Crippen molar-refractivity contribution < 1.29 is 27.1 Å². The van der Waals surface area contributed by atoms with Crippen molar-refractivity contribution in [3.05, 3.63) is 35.0 Å². The molecule has 0 spiro atoms. The molecule has 3 aliphatic rings. The van der Waals surface area contributed by atoms with Gasteiger partial charge in [0.05, 0.1) is 5.69 Å². The molecule has 1 aromatic heterocycles. The lowest BCUT2D eigenvalue weighted by Gasteiger charge is -2.39. The van der Waals surface area contributed by atoms with Crippen LogP contribution in [0.5, 0.6) is 5.75 Å². The standard InChI is InChI=1S/C23H25F4N5O2/c1-13-3-7-32(13)22-29-19(15-2-4-23(26,27)21(15)30-22)14-10-16(24)20(17(25)11-14)34-12-18(33)31-8-5-28-6-9-31/h10-11,13,28H,2-9,12H2,1H3/t13-/m0/s1. The van der Waals surface area contributed by atoms with E-state index in [1.807, 2.05) is 6.92 Å². The third kappa shape index (κ3) is 4.06. The maximum atomic E-state index is 14.9. The van der Waals surface area contributed by atoms with Gasteiger partial charge >= 0.3 is 0 Å². The van der Waals surface area contributed by atoms with Crippen LogP contribution in [0.25, 0.3) is 11.3 Å². The van der Waals surface area contributed by atoms with E-state index in [0.29, 0.717) is 32.7 Å². The molecule has 11 heteroatoms. The largest absolute Gasteiger partial charge is 0.478 e. The number of fused-ring (bicyclic) bond motifs is 1. The van der Waals surface area contributed by atoms with Gasteiger partial charge in [-0.1, -0.05) is 0 Å². The molecular weight excluding hydrogens is 454 g/mol. The molecule has 1 amide bonds. The van der Waals surface area contributed by atoms with Crippen molar-refractivity contribution in [1.29, 1.82) is 0 Å². The Balaban J connectivity index is 1.44. The number of nitrogens with one attached hydrogen (secondary N) is 1. The van der Waals surface area contributed by atoms with Crippen LogP contribution in [0.4, 0.5) is 23.5 Å². The molecule has 0 saturated carbocycles. The summed E-state index contributed by atoms with van der Waals surface area (Å²) in [7, 11) is 0. The first kappa shape index (κ1) is 22.8. The van der Waals surface area contributed by atoms with Crippen molar-refractivity contribution in [3.8, 4) is 17.0 Å². The highest BCUT2D eigenvalue weighted by Crippen LogP contribution is 2.45. The molecule has 7 nitrogen and oxygen atoms in total. The van der Waals surface area contributed by atoms with Gasteiger partial charge < -0.3 is 19.9 Å². The van der Waals surface area contributed by atoms with E-state index in [0.717, 1.165) is 18.6 Å². The van der Waals surface area contributed by atoms with Gasteiger partial charge in [0.15, 0.2) is 24.0 Å². The van der Waals surface area contributed by atoms with Crippen LogP contribution < -0.4 is 15.0 Å². The molecule has 2 aliphatic heterocycles. The summed E-state index contributed by atoms with van der Waals surface area (Å²) in [4.78, 5) is 24.2. The Hall–Kier alpha value is -2.95. The molecule has 0 unspecified atom stereocenters. The summed E-state index contributed by atoms with van der Waals surface area (Å²) in [6, 6.07) is 2.12. The minimum atomic E-state index is -3.12. The predicted octanol–water partition coefficient (Wildman–Crippen LogP) is 2.87. The lowest BCUT2D eigenvalue weighted by molar-refractivity contribution is -0.134. The van der Waals surface area contributed by atoms with Crippen molar-refractivity contribution in [3.63, 3.8) is 0 Å². The van der Waals surface area contributed by atoms with E-state index < -0.39 is 36.3 Å². The fourth-order valence-electron chi connectivity index (χ4n) is 4.57. The van der Waals surface area contributed by atoms with E-state index in [1.165, 1.54) is 0 Å². The SMILES string of the molecule is C[C@H]1CCN1c1nc(-c2cc(F)c(OCC(=O)N3CCNCC3)c(F)c2)c2c(n1)C(F)(F)CC2. The molecule has 2 aromatic rings. The monoisotopic (exact) mass is 479 g/mol.